The van der Waals surface area contributed by atoms with Gasteiger partial charge in [0.1, 0.15) is 12.4 Å². The van der Waals surface area contributed by atoms with Crippen LogP contribution in [0.25, 0.3) is 17.1 Å². The van der Waals surface area contributed by atoms with E-state index in [1.54, 1.807) is 9.80 Å². The number of piperidine rings is 1. The number of aliphatic carboxylic acids is 1. The highest BCUT2D eigenvalue weighted by Gasteiger charge is 2.42. The maximum absolute atomic E-state index is 14.1. The Morgan fingerprint density at radius 1 is 1.05 bits per heavy atom. The van der Waals surface area contributed by atoms with E-state index >= 15 is 0 Å². The number of anilines is 2. The van der Waals surface area contributed by atoms with Crippen molar-refractivity contribution in [3.8, 4) is 17.1 Å². The maximum Gasteiger partial charge on any atom is 0.435 e. The number of carbonyl (C=O) groups is 4. The number of hydrogen-bond donors (Lipinski definition) is 3. The van der Waals surface area contributed by atoms with Crippen molar-refractivity contribution in [2.45, 2.75) is 19.0 Å². The molecule has 3 aromatic heterocycles. The number of rotatable bonds is 10. The highest BCUT2D eigenvalue weighted by molar-refractivity contribution is 6.34. The third-order valence-corrected chi connectivity index (χ3v) is 11.3. The fourth-order valence-electron chi connectivity index (χ4n) is 7.90. The van der Waals surface area contributed by atoms with Crippen molar-refractivity contribution < 1.29 is 41.9 Å². The van der Waals surface area contributed by atoms with Crippen molar-refractivity contribution in [1.29, 1.82) is 0 Å². The molecule has 302 valence electrons. The van der Waals surface area contributed by atoms with Crippen molar-refractivity contribution in [3.05, 3.63) is 70.9 Å². The minimum absolute atomic E-state index is 0.0163. The molecule has 16 nitrogen and oxygen atoms in total. The van der Waals surface area contributed by atoms with Gasteiger partial charge in [0.15, 0.2) is 17.3 Å². The van der Waals surface area contributed by atoms with E-state index in [4.69, 9.17) is 17.3 Å². The summed E-state index contributed by atoms with van der Waals surface area (Å²) >= 11 is 6.53. The summed E-state index contributed by atoms with van der Waals surface area (Å²) in [6.45, 7) is 4.94. The molecule has 0 unspecified atom stereocenters. The third-order valence-electron chi connectivity index (χ3n) is 11.0. The van der Waals surface area contributed by atoms with E-state index in [-0.39, 0.29) is 82.4 Å². The van der Waals surface area contributed by atoms with E-state index in [1.165, 1.54) is 48.0 Å². The van der Waals surface area contributed by atoms with Gasteiger partial charge in [-0.05, 0) is 30.3 Å². The number of quaternary nitrogens is 1. The molecule has 3 amide bonds. The van der Waals surface area contributed by atoms with Crippen LogP contribution in [0.3, 0.4) is 0 Å². The van der Waals surface area contributed by atoms with Crippen LogP contribution in [-0.2, 0) is 22.8 Å². The molecule has 4 N–H and O–H groups in total. The molecule has 4 aromatic rings. The van der Waals surface area contributed by atoms with Crippen LogP contribution in [0, 0.1) is 11.8 Å². The fraction of sp³-hybridized carbons (Fsp3) is 0.432. The number of amides is 3. The van der Waals surface area contributed by atoms with Gasteiger partial charge < -0.3 is 45.1 Å². The monoisotopic (exact) mass is 811 g/mol. The lowest BCUT2D eigenvalue weighted by Crippen LogP contribution is -2.63. The molecule has 3 fully saturated rings. The highest BCUT2D eigenvalue weighted by Crippen LogP contribution is 2.37. The smallest absolute Gasteiger partial charge is 0.435 e. The van der Waals surface area contributed by atoms with Crippen LogP contribution in [0.15, 0.2) is 48.8 Å². The number of nitrogens with two attached hydrogens (primary N) is 1. The number of piperazine rings is 1. The molecular formula is C37H41ClF3N11O5. The Kier molecular flexibility index (Phi) is 11.0. The van der Waals surface area contributed by atoms with Crippen LogP contribution < -0.4 is 21.5 Å². The Morgan fingerprint density at radius 3 is 2.37 bits per heavy atom. The quantitative estimate of drug-likeness (QED) is 0.198. The van der Waals surface area contributed by atoms with Gasteiger partial charge in [0, 0.05) is 82.9 Å². The standard InChI is InChI=1S/C37H41ClF3N11O5/c1-48-28(26-19-51(47-32(26)37(39,40)41)30-4-2-3-29(42)46-30)18-44-33(48)34(55)45-24-5-6-25(27(38)15-24)36(57)50-11-9-49(10-12-50)35(56)23-7-13-52(14-8-23,21-31(53)54)20-22-16-43-17-22/h2-6,15,18-19,22-23,43H,7-14,16-17,20-21H2,1H3,(H3-,42,45,46,53,54,55,57). The molecule has 0 bridgehead atoms. The first kappa shape index (κ1) is 39.7. The molecule has 0 radical (unpaired) electrons. The largest absolute Gasteiger partial charge is 0.544 e. The second-order valence-corrected chi connectivity index (χ2v) is 15.3. The normalized spacial score (nSPS) is 20.3. The number of nitrogens with zero attached hydrogens (tertiary/aromatic N) is 8. The number of nitrogens with one attached hydrogen (secondary N) is 2. The van der Waals surface area contributed by atoms with E-state index in [9.17, 15) is 37.5 Å². The number of alkyl halides is 3. The average Bonchev–Trinajstić information content (AvgIpc) is 3.77. The third kappa shape index (κ3) is 8.45. The van der Waals surface area contributed by atoms with Gasteiger partial charge in [0.2, 0.25) is 5.91 Å². The van der Waals surface area contributed by atoms with Crippen LogP contribution in [-0.4, -0.2) is 128 Å². The van der Waals surface area contributed by atoms with Crippen LogP contribution in [0.5, 0.6) is 0 Å². The number of benzene rings is 1. The summed E-state index contributed by atoms with van der Waals surface area (Å²) in [6, 6.07) is 8.80. The number of pyridine rings is 1. The van der Waals surface area contributed by atoms with Crippen molar-refractivity contribution in [2.75, 3.05) is 76.5 Å². The molecule has 6 heterocycles. The van der Waals surface area contributed by atoms with Crippen molar-refractivity contribution in [1.82, 2.24) is 39.4 Å². The minimum Gasteiger partial charge on any atom is -0.544 e. The summed E-state index contributed by atoms with van der Waals surface area (Å²) in [4.78, 5) is 63.3. The predicted molar refractivity (Wildman–Crippen MR) is 199 cm³/mol. The highest BCUT2D eigenvalue weighted by atomic mass is 35.5. The second kappa shape index (κ2) is 15.8. The Morgan fingerprint density at radius 2 is 1.75 bits per heavy atom. The van der Waals surface area contributed by atoms with E-state index in [2.05, 4.69) is 25.7 Å². The zero-order chi connectivity index (χ0) is 40.6. The Bertz CT molecular complexity index is 2190. The fourth-order valence-corrected chi connectivity index (χ4v) is 8.17. The zero-order valence-electron chi connectivity index (χ0n) is 31.0. The molecule has 0 aliphatic carbocycles. The van der Waals surface area contributed by atoms with Crippen molar-refractivity contribution >= 4 is 46.8 Å². The first-order chi connectivity index (χ1) is 27.1. The number of halogens is 4. The maximum atomic E-state index is 14.1. The molecule has 3 aliphatic heterocycles. The summed E-state index contributed by atoms with van der Waals surface area (Å²) in [5.74, 6) is -1.97. The zero-order valence-corrected chi connectivity index (χ0v) is 31.7. The molecule has 3 aliphatic rings. The summed E-state index contributed by atoms with van der Waals surface area (Å²) < 4.78 is 44.8. The van der Waals surface area contributed by atoms with Gasteiger partial charge in [-0.3, -0.25) is 14.4 Å². The second-order valence-electron chi connectivity index (χ2n) is 14.8. The topological polar surface area (TPSA) is 196 Å². The Balaban J connectivity index is 0.956. The van der Waals surface area contributed by atoms with Gasteiger partial charge in [-0.15, -0.1) is 0 Å². The number of carboxylic acids is 1. The van der Waals surface area contributed by atoms with Crippen LogP contribution in [0.4, 0.5) is 24.7 Å². The van der Waals surface area contributed by atoms with Crippen LogP contribution >= 0.6 is 11.6 Å². The number of nitrogen functional groups attached to an aromatic ring is 1. The van der Waals surface area contributed by atoms with E-state index in [0.717, 1.165) is 36.7 Å². The van der Waals surface area contributed by atoms with E-state index in [1.807, 2.05) is 0 Å². The summed E-state index contributed by atoms with van der Waals surface area (Å²) in [6.07, 6.45) is -1.38. The number of likely N-dealkylation sites (tertiary alicyclic amines) is 1. The van der Waals surface area contributed by atoms with E-state index in [0.29, 0.717) is 49.4 Å². The van der Waals surface area contributed by atoms with Crippen LogP contribution in [0.1, 0.15) is 39.5 Å². The molecule has 1 aromatic carbocycles. The molecule has 3 saturated heterocycles. The summed E-state index contributed by atoms with van der Waals surface area (Å²) in [5.41, 5.74) is 4.54. The molecule has 20 heteroatoms. The molecule has 7 rings (SSSR count). The molecule has 0 atom stereocenters. The number of carbonyl (C=O) groups excluding carboxylic acids is 4. The van der Waals surface area contributed by atoms with Gasteiger partial charge in [-0.2, -0.15) is 18.3 Å². The first-order valence-corrected chi connectivity index (χ1v) is 18.8. The van der Waals surface area contributed by atoms with Crippen molar-refractivity contribution in [3.63, 3.8) is 0 Å². The summed E-state index contributed by atoms with van der Waals surface area (Å²) in [5, 5.41) is 21.2. The lowest BCUT2D eigenvalue weighted by Gasteiger charge is -2.47. The lowest BCUT2D eigenvalue weighted by atomic mass is 9.90. The number of aromatic nitrogens is 5. The van der Waals surface area contributed by atoms with Crippen molar-refractivity contribution in [2.24, 2.45) is 18.9 Å². The first-order valence-electron chi connectivity index (χ1n) is 18.5. The number of carboxylic acid groups (broad SMARTS) is 1. The van der Waals surface area contributed by atoms with E-state index < -0.39 is 23.7 Å². The average molecular weight is 812 g/mol. The molecule has 0 spiro atoms. The number of hydrogen-bond acceptors (Lipinski definition) is 10. The van der Waals surface area contributed by atoms with Gasteiger partial charge >= 0.3 is 6.18 Å². The Hall–Kier alpha value is -5.53. The molecule has 57 heavy (non-hydrogen) atoms. The van der Waals surface area contributed by atoms with Gasteiger partial charge in [0.25, 0.3) is 11.8 Å². The number of imidazole rings is 1. The molecule has 0 saturated carbocycles. The Labute approximate surface area is 330 Å². The van der Waals surface area contributed by atoms with Gasteiger partial charge in [-0.1, -0.05) is 17.7 Å². The summed E-state index contributed by atoms with van der Waals surface area (Å²) in [7, 11) is 1.39. The SMILES string of the molecule is Cn1c(-c2cn(-c3cccc(N)n3)nc2C(F)(F)F)cnc1C(=O)Nc1ccc(C(=O)N2CCN(C(=O)C3CC[N+](CC(=O)[O-])(CC4CNC4)CC3)CC2)c(Cl)c1. The molecular weight excluding hydrogens is 771 g/mol. The van der Waals surface area contributed by atoms with Gasteiger partial charge in [-0.25, -0.2) is 14.6 Å². The lowest BCUT2D eigenvalue weighted by molar-refractivity contribution is -0.931. The van der Waals surface area contributed by atoms with Crippen LogP contribution in [0.2, 0.25) is 5.02 Å². The van der Waals surface area contributed by atoms with Gasteiger partial charge in [0.05, 0.1) is 53.6 Å². The minimum atomic E-state index is -4.84. The predicted octanol–water partition coefficient (Wildman–Crippen LogP) is 1.66.